The molecule has 0 spiro atoms. The predicted octanol–water partition coefficient (Wildman–Crippen LogP) is -1.01. The van der Waals surface area contributed by atoms with E-state index in [4.69, 9.17) is 9.47 Å². The summed E-state index contributed by atoms with van der Waals surface area (Å²) in [7, 11) is 0. The van der Waals surface area contributed by atoms with Gasteiger partial charge in [0.2, 0.25) is 0 Å². The number of rotatable bonds is 6. The van der Waals surface area contributed by atoms with Gasteiger partial charge < -0.3 is 35.2 Å². The Kier molecular flexibility index (Phi) is 5.51. The minimum absolute atomic E-state index is 0.284. The SMILES string of the molecule is OC[C@H]1O[C@@H](n2cnc3c(Nc4ncnc5c4ncn5[C@H]4C[C@H](O)[C@@H](CO)O4)ncnc32)C[C@@H]1O. The van der Waals surface area contributed by atoms with Gasteiger partial charge in [-0.05, 0) is 0 Å². The molecule has 6 rings (SSSR count). The molecule has 5 N–H and O–H groups in total. The first-order valence-corrected chi connectivity index (χ1v) is 11.1. The number of aliphatic hydroxyl groups is 4. The Morgan fingerprint density at radius 1 is 0.743 bits per heavy atom. The molecule has 0 aliphatic carbocycles. The molecule has 2 aliphatic heterocycles. The number of ether oxygens (including phenoxy) is 2. The molecule has 0 amide bonds. The zero-order chi connectivity index (χ0) is 24.1. The van der Waals surface area contributed by atoms with Gasteiger partial charge in [-0.25, -0.2) is 29.9 Å². The van der Waals surface area contributed by atoms with Crippen LogP contribution in [0.3, 0.4) is 0 Å². The summed E-state index contributed by atoms with van der Waals surface area (Å²) < 4.78 is 14.8. The second-order valence-electron chi connectivity index (χ2n) is 8.45. The average molecular weight is 485 g/mol. The van der Waals surface area contributed by atoms with E-state index in [0.29, 0.717) is 46.8 Å². The fourth-order valence-electron chi connectivity index (χ4n) is 4.52. The van der Waals surface area contributed by atoms with Crippen molar-refractivity contribution in [2.45, 2.75) is 49.7 Å². The Balaban J connectivity index is 1.31. The molecule has 15 nitrogen and oxygen atoms in total. The lowest BCUT2D eigenvalue weighted by Gasteiger charge is -2.14. The number of nitrogens with zero attached hydrogens (tertiary/aromatic N) is 8. The normalized spacial score (nSPS) is 28.9. The summed E-state index contributed by atoms with van der Waals surface area (Å²) in [5.74, 6) is 0.766. The van der Waals surface area contributed by atoms with Crippen LogP contribution >= 0.6 is 0 Å². The summed E-state index contributed by atoms with van der Waals surface area (Å²) in [5, 5.41) is 42.1. The van der Waals surface area contributed by atoms with Crippen molar-refractivity contribution in [2.24, 2.45) is 0 Å². The minimum atomic E-state index is -0.788. The quantitative estimate of drug-likeness (QED) is 0.223. The Morgan fingerprint density at radius 2 is 1.20 bits per heavy atom. The second-order valence-corrected chi connectivity index (χ2v) is 8.45. The molecule has 2 fully saturated rings. The van der Waals surface area contributed by atoms with E-state index in [2.05, 4.69) is 35.2 Å². The number of aromatic nitrogens is 8. The van der Waals surface area contributed by atoms with Crippen molar-refractivity contribution >= 4 is 34.0 Å². The molecule has 6 heterocycles. The standard InChI is InChI=1S/C20H23N9O6/c30-3-11-9(32)1-13(34-11)28-7-25-15-17(21-5-23-19(15)28)27-18-16-20(24-6-22-18)29(8-26-16)14-2-10(33)12(4-31)35-14/h5-14,30-33H,1-4H2,(H,21,22,23,24,27)/t9-,10-,11+,12+,13+,14+/m0/s1. The molecule has 35 heavy (non-hydrogen) atoms. The molecule has 0 bridgehead atoms. The molecule has 0 radical (unpaired) electrons. The Bertz CT molecular complexity index is 1260. The molecular weight excluding hydrogens is 462 g/mol. The van der Waals surface area contributed by atoms with Gasteiger partial charge in [-0.1, -0.05) is 0 Å². The van der Waals surface area contributed by atoms with Gasteiger partial charge in [0.25, 0.3) is 0 Å². The van der Waals surface area contributed by atoms with E-state index in [9.17, 15) is 20.4 Å². The molecular formula is C20H23N9O6. The largest absolute Gasteiger partial charge is 0.394 e. The van der Waals surface area contributed by atoms with Crippen LogP contribution in [0.2, 0.25) is 0 Å². The minimum Gasteiger partial charge on any atom is -0.394 e. The van der Waals surface area contributed by atoms with Crippen molar-refractivity contribution < 1.29 is 29.9 Å². The Hall–Kier alpha value is -3.34. The van der Waals surface area contributed by atoms with Crippen molar-refractivity contribution in [3.05, 3.63) is 25.3 Å². The summed E-state index contributed by atoms with van der Waals surface area (Å²) >= 11 is 0. The molecule has 184 valence electrons. The highest BCUT2D eigenvalue weighted by molar-refractivity contribution is 5.90. The van der Waals surface area contributed by atoms with Crippen LogP contribution in [-0.2, 0) is 9.47 Å². The highest BCUT2D eigenvalue weighted by atomic mass is 16.5. The summed E-state index contributed by atoms with van der Waals surface area (Å²) in [4.78, 5) is 26.1. The molecule has 15 heteroatoms. The van der Waals surface area contributed by atoms with Crippen LogP contribution in [0.4, 0.5) is 11.6 Å². The zero-order valence-corrected chi connectivity index (χ0v) is 18.3. The third-order valence-electron chi connectivity index (χ3n) is 6.34. The van der Waals surface area contributed by atoms with Crippen molar-refractivity contribution in [2.75, 3.05) is 18.5 Å². The topological polar surface area (TPSA) is 199 Å². The first kappa shape index (κ1) is 22.1. The van der Waals surface area contributed by atoms with E-state index in [0.717, 1.165) is 0 Å². The summed E-state index contributed by atoms with van der Waals surface area (Å²) in [6.07, 6.45) is 2.46. The molecule has 2 saturated heterocycles. The van der Waals surface area contributed by atoms with Gasteiger partial charge >= 0.3 is 0 Å². The van der Waals surface area contributed by atoms with Crippen molar-refractivity contribution in [3.63, 3.8) is 0 Å². The van der Waals surface area contributed by atoms with Crippen LogP contribution in [0.5, 0.6) is 0 Å². The maximum Gasteiger partial charge on any atom is 0.167 e. The number of anilines is 2. The van der Waals surface area contributed by atoms with E-state index in [1.54, 1.807) is 21.8 Å². The number of imidazole rings is 2. The van der Waals surface area contributed by atoms with E-state index >= 15 is 0 Å². The lowest BCUT2D eigenvalue weighted by atomic mass is 10.2. The van der Waals surface area contributed by atoms with Gasteiger partial charge in [-0.15, -0.1) is 0 Å². The zero-order valence-electron chi connectivity index (χ0n) is 18.3. The second kappa shape index (κ2) is 8.71. The molecule has 4 aromatic rings. The number of nitrogens with one attached hydrogen (secondary N) is 1. The third-order valence-corrected chi connectivity index (χ3v) is 6.34. The van der Waals surface area contributed by atoms with Gasteiger partial charge in [0.15, 0.2) is 34.0 Å². The van der Waals surface area contributed by atoms with Gasteiger partial charge in [0.05, 0.1) is 38.1 Å². The number of fused-ring (bicyclic) bond motifs is 2. The van der Waals surface area contributed by atoms with Crippen LogP contribution < -0.4 is 5.32 Å². The summed E-state index contributed by atoms with van der Waals surface area (Å²) in [6.45, 7) is -0.568. The third kappa shape index (κ3) is 3.69. The van der Waals surface area contributed by atoms with Gasteiger partial charge in [0, 0.05) is 12.8 Å². The molecule has 0 unspecified atom stereocenters. The summed E-state index contributed by atoms with van der Waals surface area (Å²) in [5.41, 5.74) is 1.88. The average Bonchev–Trinajstić information content (AvgIpc) is 3.63. The monoisotopic (exact) mass is 485 g/mol. The van der Waals surface area contributed by atoms with E-state index in [-0.39, 0.29) is 13.2 Å². The fourth-order valence-corrected chi connectivity index (χ4v) is 4.52. The first-order valence-electron chi connectivity index (χ1n) is 11.1. The first-order chi connectivity index (χ1) is 17.1. The van der Waals surface area contributed by atoms with Gasteiger partial charge in [-0.2, -0.15) is 0 Å². The van der Waals surface area contributed by atoms with E-state index < -0.39 is 36.9 Å². The fraction of sp³-hybridized carbons (Fsp3) is 0.500. The van der Waals surface area contributed by atoms with Crippen LogP contribution in [0.15, 0.2) is 25.3 Å². The predicted molar refractivity (Wildman–Crippen MR) is 117 cm³/mol. The highest BCUT2D eigenvalue weighted by Gasteiger charge is 2.36. The van der Waals surface area contributed by atoms with Crippen molar-refractivity contribution in [3.8, 4) is 0 Å². The van der Waals surface area contributed by atoms with Gasteiger partial charge in [0.1, 0.15) is 37.3 Å². The van der Waals surface area contributed by atoms with E-state index in [1.807, 2.05) is 0 Å². The molecule has 0 aromatic carbocycles. The highest BCUT2D eigenvalue weighted by Crippen LogP contribution is 2.34. The van der Waals surface area contributed by atoms with Crippen LogP contribution in [0.25, 0.3) is 22.3 Å². The number of hydrogen-bond donors (Lipinski definition) is 5. The molecule has 2 aliphatic rings. The maximum absolute atomic E-state index is 10.1. The van der Waals surface area contributed by atoms with Crippen molar-refractivity contribution in [1.82, 2.24) is 39.0 Å². The summed E-state index contributed by atoms with van der Waals surface area (Å²) in [6, 6.07) is 0. The molecule has 6 atom stereocenters. The molecule has 4 aromatic heterocycles. The van der Waals surface area contributed by atoms with Crippen molar-refractivity contribution in [1.29, 1.82) is 0 Å². The van der Waals surface area contributed by atoms with Crippen LogP contribution in [0.1, 0.15) is 25.3 Å². The number of hydrogen-bond acceptors (Lipinski definition) is 13. The number of aliphatic hydroxyl groups excluding tert-OH is 4. The van der Waals surface area contributed by atoms with Crippen LogP contribution in [0, 0.1) is 0 Å². The Labute approximate surface area is 197 Å². The lowest BCUT2D eigenvalue weighted by Crippen LogP contribution is -2.24. The van der Waals surface area contributed by atoms with Crippen LogP contribution in [-0.4, -0.2) is 97.1 Å². The van der Waals surface area contributed by atoms with E-state index in [1.165, 1.54) is 12.7 Å². The molecule has 0 saturated carbocycles. The Morgan fingerprint density at radius 3 is 1.60 bits per heavy atom. The smallest absolute Gasteiger partial charge is 0.167 e. The maximum atomic E-state index is 10.1. The lowest BCUT2D eigenvalue weighted by molar-refractivity contribution is -0.0432. The van der Waals surface area contributed by atoms with Gasteiger partial charge in [-0.3, -0.25) is 9.13 Å².